The van der Waals surface area contributed by atoms with Crippen LogP contribution in [0.5, 0.6) is 0 Å². The van der Waals surface area contributed by atoms with Gasteiger partial charge in [-0.1, -0.05) is 41.9 Å². The lowest BCUT2D eigenvalue weighted by Gasteiger charge is -2.31. The number of H-pyrrole nitrogens is 1. The molecule has 0 aliphatic carbocycles. The lowest BCUT2D eigenvalue weighted by molar-refractivity contribution is -0.133. The second-order valence-corrected chi connectivity index (χ2v) is 7.64. The zero-order valence-electron chi connectivity index (χ0n) is 16.0. The molecule has 1 aliphatic heterocycles. The van der Waals surface area contributed by atoms with Crippen molar-refractivity contribution in [2.75, 3.05) is 26.2 Å². The highest BCUT2D eigenvalue weighted by molar-refractivity contribution is 6.31. The summed E-state index contributed by atoms with van der Waals surface area (Å²) in [6.45, 7) is 2.82. The Morgan fingerprint density at radius 3 is 2.59 bits per heavy atom. The van der Waals surface area contributed by atoms with Gasteiger partial charge in [0.05, 0.1) is 0 Å². The van der Waals surface area contributed by atoms with Gasteiger partial charge in [-0.2, -0.15) is 0 Å². The molecule has 3 aromatic rings. The molecule has 1 aromatic heterocycles. The van der Waals surface area contributed by atoms with Crippen molar-refractivity contribution in [2.45, 2.75) is 12.5 Å². The fraction of sp³-hybridized carbons (Fsp3) is 0.273. The van der Waals surface area contributed by atoms with Crippen molar-refractivity contribution in [3.05, 3.63) is 70.9 Å². The van der Waals surface area contributed by atoms with Gasteiger partial charge in [-0.05, 0) is 29.8 Å². The topological polar surface area (TPSA) is 77.2 Å². The summed E-state index contributed by atoms with van der Waals surface area (Å²) < 4.78 is 0. The molecule has 150 valence electrons. The predicted molar refractivity (Wildman–Crippen MR) is 114 cm³/mol. The zero-order chi connectivity index (χ0) is 20.2. The third kappa shape index (κ3) is 4.60. The minimum Gasteiger partial charge on any atom is -0.351 e. The van der Waals surface area contributed by atoms with E-state index >= 15 is 0 Å². The SMILES string of the molecule is O=C(NC(Cc1ccccc1)C(=O)N1CCNCC1)c1cc2cc(Cl)ccc2[nH]1. The molecule has 4 rings (SSSR count). The first-order valence-electron chi connectivity index (χ1n) is 9.73. The molecule has 1 fully saturated rings. The number of aromatic amines is 1. The Morgan fingerprint density at radius 2 is 1.83 bits per heavy atom. The molecule has 1 unspecified atom stereocenters. The van der Waals surface area contributed by atoms with Gasteiger partial charge < -0.3 is 20.5 Å². The molecular weight excluding hydrogens is 388 g/mol. The molecule has 1 atom stereocenters. The van der Waals surface area contributed by atoms with Gasteiger partial charge in [0.2, 0.25) is 5.91 Å². The largest absolute Gasteiger partial charge is 0.351 e. The number of piperazine rings is 1. The van der Waals surface area contributed by atoms with Crippen molar-refractivity contribution in [3.63, 3.8) is 0 Å². The van der Waals surface area contributed by atoms with Gasteiger partial charge in [-0.3, -0.25) is 9.59 Å². The third-order valence-electron chi connectivity index (χ3n) is 5.14. The van der Waals surface area contributed by atoms with E-state index in [2.05, 4.69) is 15.6 Å². The van der Waals surface area contributed by atoms with Gasteiger partial charge in [0.15, 0.2) is 0 Å². The number of carbonyl (C=O) groups excluding carboxylic acids is 2. The number of amides is 2. The zero-order valence-corrected chi connectivity index (χ0v) is 16.7. The van der Waals surface area contributed by atoms with Gasteiger partial charge in [0, 0.05) is 48.5 Å². The maximum Gasteiger partial charge on any atom is 0.268 e. The van der Waals surface area contributed by atoms with Crippen molar-refractivity contribution >= 4 is 34.3 Å². The van der Waals surface area contributed by atoms with Gasteiger partial charge in [-0.15, -0.1) is 0 Å². The van der Waals surface area contributed by atoms with Crippen molar-refractivity contribution in [3.8, 4) is 0 Å². The maximum atomic E-state index is 13.1. The van der Waals surface area contributed by atoms with Crippen LogP contribution < -0.4 is 10.6 Å². The minimum atomic E-state index is -0.627. The molecule has 0 radical (unpaired) electrons. The highest BCUT2D eigenvalue weighted by Gasteiger charge is 2.28. The quantitative estimate of drug-likeness (QED) is 0.605. The summed E-state index contributed by atoms with van der Waals surface area (Å²) in [6.07, 6.45) is 0.446. The van der Waals surface area contributed by atoms with E-state index < -0.39 is 6.04 Å². The lowest BCUT2D eigenvalue weighted by Crippen LogP contribution is -2.54. The Labute approximate surface area is 174 Å². The monoisotopic (exact) mass is 410 g/mol. The van der Waals surface area contributed by atoms with Crippen LogP contribution in [0.1, 0.15) is 16.1 Å². The number of carbonyl (C=O) groups is 2. The van der Waals surface area contributed by atoms with Crippen LogP contribution in [0, 0.1) is 0 Å². The van der Waals surface area contributed by atoms with E-state index in [0.717, 1.165) is 29.6 Å². The van der Waals surface area contributed by atoms with Crippen LogP contribution >= 0.6 is 11.6 Å². The van der Waals surface area contributed by atoms with E-state index in [4.69, 9.17) is 11.6 Å². The average Bonchev–Trinajstić information content (AvgIpc) is 3.17. The first kappa shape index (κ1) is 19.5. The fourth-order valence-electron chi connectivity index (χ4n) is 3.62. The number of hydrogen-bond acceptors (Lipinski definition) is 3. The number of halogens is 1. The number of fused-ring (bicyclic) bond motifs is 1. The molecule has 3 N–H and O–H groups in total. The Bertz CT molecular complexity index is 1010. The summed E-state index contributed by atoms with van der Waals surface area (Å²) in [5.41, 5.74) is 2.24. The van der Waals surface area contributed by atoms with Crippen molar-refractivity contribution in [1.82, 2.24) is 20.5 Å². The van der Waals surface area contributed by atoms with E-state index in [1.54, 1.807) is 18.2 Å². The van der Waals surface area contributed by atoms with Gasteiger partial charge in [0.25, 0.3) is 5.91 Å². The number of aromatic nitrogens is 1. The standard InChI is InChI=1S/C22H23ClN4O2/c23-17-6-7-18-16(13-17)14-19(25-18)21(28)26-20(12-15-4-2-1-3-5-15)22(29)27-10-8-24-9-11-27/h1-7,13-14,20,24-25H,8-12H2,(H,26,28). The van der Waals surface area contributed by atoms with Crippen LogP contribution in [0.2, 0.25) is 5.02 Å². The number of benzene rings is 2. The Balaban J connectivity index is 1.55. The molecule has 0 bridgehead atoms. The third-order valence-corrected chi connectivity index (χ3v) is 5.38. The highest BCUT2D eigenvalue weighted by atomic mass is 35.5. The maximum absolute atomic E-state index is 13.1. The highest BCUT2D eigenvalue weighted by Crippen LogP contribution is 2.20. The van der Waals surface area contributed by atoms with Gasteiger partial charge in [0.1, 0.15) is 11.7 Å². The Hall–Kier alpha value is -2.83. The predicted octanol–water partition coefficient (Wildman–Crippen LogP) is 2.59. The van der Waals surface area contributed by atoms with Crippen LogP contribution in [0.4, 0.5) is 0 Å². The minimum absolute atomic E-state index is 0.0529. The fourth-order valence-corrected chi connectivity index (χ4v) is 3.80. The first-order chi connectivity index (χ1) is 14.1. The second kappa shape index (κ2) is 8.68. The molecule has 1 aliphatic rings. The van der Waals surface area contributed by atoms with Crippen LogP contribution in [0.15, 0.2) is 54.6 Å². The van der Waals surface area contributed by atoms with E-state index in [1.807, 2.05) is 41.3 Å². The van der Waals surface area contributed by atoms with Crippen molar-refractivity contribution < 1.29 is 9.59 Å². The summed E-state index contributed by atoms with van der Waals surface area (Å²) in [4.78, 5) is 31.0. The van der Waals surface area contributed by atoms with E-state index in [0.29, 0.717) is 30.2 Å². The molecule has 7 heteroatoms. The molecule has 29 heavy (non-hydrogen) atoms. The van der Waals surface area contributed by atoms with Crippen molar-refractivity contribution in [1.29, 1.82) is 0 Å². The molecule has 2 amide bonds. The number of hydrogen-bond donors (Lipinski definition) is 3. The summed E-state index contributed by atoms with van der Waals surface area (Å²) in [7, 11) is 0. The molecular formula is C22H23ClN4O2. The molecule has 0 spiro atoms. The van der Waals surface area contributed by atoms with Crippen LogP contribution in [-0.2, 0) is 11.2 Å². The molecule has 0 saturated carbocycles. The Morgan fingerprint density at radius 1 is 1.07 bits per heavy atom. The number of rotatable bonds is 5. The van der Waals surface area contributed by atoms with E-state index in [1.165, 1.54) is 0 Å². The second-order valence-electron chi connectivity index (χ2n) is 7.21. The first-order valence-corrected chi connectivity index (χ1v) is 10.1. The summed E-state index contributed by atoms with van der Waals surface area (Å²) >= 11 is 6.04. The molecule has 2 heterocycles. The van der Waals surface area contributed by atoms with Crippen LogP contribution in [0.25, 0.3) is 10.9 Å². The smallest absolute Gasteiger partial charge is 0.268 e. The van der Waals surface area contributed by atoms with Gasteiger partial charge in [-0.25, -0.2) is 0 Å². The molecule has 6 nitrogen and oxygen atoms in total. The average molecular weight is 411 g/mol. The molecule has 1 saturated heterocycles. The summed E-state index contributed by atoms with van der Waals surface area (Å²) in [6, 6.07) is 16.3. The Kier molecular flexibility index (Phi) is 5.83. The van der Waals surface area contributed by atoms with Crippen LogP contribution in [0.3, 0.4) is 0 Å². The number of nitrogens with zero attached hydrogens (tertiary/aromatic N) is 1. The van der Waals surface area contributed by atoms with Crippen LogP contribution in [-0.4, -0.2) is 53.9 Å². The van der Waals surface area contributed by atoms with E-state index in [9.17, 15) is 9.59 Å². The lowest BCUT2D eigenvalue weighted by atomic mass is 10.0. The normalized spacial score (nSPS) is 15.3. The van der Waals surface area contributed by atoms with E-state index in [-0.39, 0.29) is 11.8 Å². The van der Waals surface area contributed by atoms with Crippen molar-refractivity contribution in [2.24, 2.45) is 0 Å². The summed E-state index contributed by atoms with van der Waals surface area (Å²) in [5.74, 6) is -0.357. The van der Waals surface area contributed by atoms with Gasteiger partial charge >= 0.3 is 0 Å². The molecule has 2 aromatic carbocycles. The number of nitrogens with one attached hydrogen (secondary N) is 3. The summed E-state index contributed by atoms with van der Waals surface area (Å²) in [5, 5.41) is 7.65.